The molecule has 0 saturated heterocycles. The molecule has 2 N–H and O–H groups in total. The van der Waals surface area contributed by atoms with Gasteiger partial charge in [-0.15, -0.1) is 5.10 Å². The van der Waals surface area contributed by atoms with Gasteiger partial charge in [-0.05, 0) is 19.3 Å². The zero-order valence-corrected chi connectivity index (χ0v) is 8.83. The summed E-state index contributed by atoms with van der Waals surface area (Å²) in [6.07, 6.45) is -3.18. The van der Waals surface area contributed by atoms with Crippen LogP contribution in [0.1, 0.15) is 25.0 Å². The molecule has 7 heteroatoms. The van der Waals surface area contributed by atoms with Crippen LogP contribution >= 0.6 is 0 Å². The second-order valence-electron chi connectivity index (χ2n) is 4.19. The van der Waals surface area contributed by atoms with Gasteiger partial charge in [0.2, 0.25) is 0 Å². The van der Waals surface area contributed by atoms with Crippen molar-refractivity contribution in [2.24, 2.45) is 11.7 Å². The number of hydrogen-bond donors (Lipinski definition) is 1. The maximum atomic E-state index is 12.4. The number of rotatable bonds is 1. The van der Waals surface area contributed by atoms with Gasteiger partial charge in [-0.25, -0.2) is 9.67 Å². The van der Waals surface area contributed by atoms with Crippen molar-refractivity contribution in [1.82, 2.24) is 14.8 Å². The third-order valence-electron chi connectivity index (χ3n) is 2.89. The van der Waals surface area contributed by atoms with Crippen LogP contribution in [0.15, 0.2) is 0 Å². The van der Waals surface area contributed by atoms with Crippen LogP contribution in [0.5, 0.6) is 0 Å². The smallest absolute Gasteiger partial charge is 0.328 e. The lowest BCUT2D eigenvalue weighted by atomic mass is 9.94. The van der Waals surface area contributed by atoms with Crippen LogP contribution in [0, 0.1) is 5.92 Å². The highest BCUT2D eigenvalue weighted by molar-refractivity contribution is 5.00. The number of fused-ring (bicyclic) bond motifs is 1. The SMILES string of the molecule is CC(N)C1CCc2nc(C(F)(F)F)nn2C1. The molecule has 0 saturated carbocycles. The summed E-state index contributed by atoms with van der Waals surface area (Å²) >= 11 is 0. The third kappa shape index (κ3) is 2.04. The van der Waals surface area contributed by atoms with Crippen LogP contribution < -0.4 is 5.73 Å². The van der Waals surface area contributed by atoms with Crippen molar-refractivity contribution < 1.29 is 13.2 Å². The van der Waals surface area contributed by atoms with E-state index in [9.17, 15) is 13.2 Å². The Bertz CT molecular complexity index is 383. The Morgan fingerprint density at radius 3 is 2.75 bits per heavy atom. The maximum absolute atomic E-state index is 12.4. The molecule has 2 atom stereocenters. The van der Waals surface area contributed by atoms with Gasteiger partial charge >= 0.3 is 6.18 Å². The Hall–Kier alpha value is -1.11. The van der Waals surface area contributed by atoms with E-state index in [1.165, 1.54) is 4.68 Å². The van der Waals surface area contributed by atoms with Gasteiger partial charge in [0.1, 0.15) is 5.82 Å². The molecule has 0 aromatic carbocycles. The Labute approximate surface area is 90.6 Å². The molecule has 0 radical (unpaired) electrons. The Kier molecular flexibility index (Phi) is 2.65. The highest BCUT2D eigenvalue weighted by Crippen LogP contribution is 2.28. The number of alkyl halides is 3. The van der Waals surface area contributed by atoms with Gasteiger partial charge in [-0.2, -0.15) is 13.2 Å². The highest BCUT2D eigenvalue weighted by Gasteiger charge is 2.38. The van der Waals surface area contributed by atoms with E-state index >= 15 is 0 Å². The molecule has 0 bridgehead atoms. The normalized spacial score (nSPS) is 22.9. The van der Waals surface area contributed by atoms with Crippen LogP contribution in [0.3, 0.4) is 0 Å². The lowest BCUT2D eigenvalue weighted by Gasteiger charge is -2.25. The van der Waals surface area contributed by atoms with Crippen molar-refractivity contribution >= 4 is 0 Å². The van der Waals surface area contributed by atoms with Gasteiger partial charge in [0.15, 0.2) is 0 Å². The van der Waals surface area contributed by atoms with Crippen molar-refractivity contribution in [2.75, 3.05) is 0 Å². The molecular formula is C9H13F3N4. The fraction of sp³-hybridized carbons (Fsp3) is 0.778. The molecule has 1 aromatic heterocycles. The van der Waals surface area contributed by atoms with E-state index in [0.717, 1.165) is 6.42 Å². The second kappa shape index (κ2) is 3.73. The van der Waals surface area contributed by atoms with Crippen molar-refractivity contribution in [2.45, 2.75) is 38.5 Å². The van der Waals surface area contributed by atoms with Crippen LogP contribution in [0.25, 0.3) is 0 Å². The molecule has 2 rings (SSSR count). The van der Waals surface area contributed by atoms with Gasteiger partial charge in [0.05, 0.1) is 0 Å². The molecule has 0 fully saturated rings. The average molecular weight is 234 g/mol. The van der Waals surface area contributed by atoms with E-state index in [4.69, 9.17) is 5.73 Å². The molecule has 1 aliphatic heterocycles. The Balaban J connectivity index is 2.23. The van der Waals surface area contributed by atoms with E-state index < -0.39 is 12.0 Å². The molecule has 2 unspecified atom stereocenters. The standard InChI is InChI=1S/C9H13F3N4/c1-5(13)6-2-3-7-14-8(9(10,11)12)15-16(7)4-6/h5-6H,2-4,13H2,1H3. The predicted octanol–water partition coefficient (Wildman–Crippen LogP) is 1.21. The molecule has 90 valence electrons. The number of hydrogen-bond acceptors (Lipinski definition) is 3. The molecule has 16 heavy (non-hydrogen) atoms. The monoisotopic (exact) mass is 234 g/mol. The molecule has 4 nitrogen and oxygen atoms in total. The van der Waals surface area contributed by atoms with E-state index in [1.54, 1.807) is 0 Å². The van der Waals surface area contributed by atoms with E-state index in [1.807, 2.05) is 6.92 Å². The Morgan fingerprint density at radius 1 is 1.50 bits per heavy atom. The van der Waals surface area contributed by atoms with Gasteiger partial charge in [0, 0.05) is 19.0 Å². The zero-order chi connectivity index (χ0) is 11.9. The summed E-state index contributed by atoms with van der Waals surface area (Å²) in [5.41, 5.74) is 5.73. The number of aromatic nitrogens is 3. The second-order valence-corrected chi connectivity index (χ2v) is 4.19. The molecule has 1 aliphatic rings. The van der Waals surface area contributed by atoms with Crippen LogP contribution in [-0.4, -0.2) is 20.8 Å². The quantitative estimate of drug-likeness (QED) is 0.794. The Morgan fingerprint density at radius 2 is 2.19 bits per heavy atom. The number of aryl methyl sites for hydroxylation is 1. The lowest BCUT2D eigenvalue weighted by Crippen LogP contribution is -2.34. The maximum Gasteiger partial charge on any atom is 0.453 e. The fourth-order valence-corrected chi connectivity index (χ4v) is 1.88. The van der Waals surface area contributed by atoms with Gasteiger partial charge in [-0.3, -0.25) is 0 Å². The minimum atomic E-state index is -4.46. The van der Waals surface area contributed by atoms with Gasteiger partial charge in [0.25, 0.3) is 5.82 Å². The van der Waals surface area contributed by atoms with Crippen molar-refractivity contribution in [3.05, 3.63) is 11.6 Å². The van der Waals surface area contributed by atoms with E-state index in [0.29, 0.717) is 18.8 Å². The first-order valence-electron chi connectivity index (χ1n) is 5.14. The molecule has 0 amide bonds. The largest absolute Gasteiger partial charge is 0.453 e. The zero-order valence-electron chi connectivity index (χ0n) is 8.83. The number of nitrogens with two attached hydrogens (primary N) is 1. The van der Waals surface area contributed by atoms with Crippen LogP contribution in [0.4, 0.5) is 13.2 Å². The molecular weight excluding hydrogens is 221 g/mol. The first-order chi connectivity index (χ1) is 7.38. The number of halogens is 3. The first kappa shape index (κ1) is 11.4. The van der Waals surface area contributed by atoms with E-state index in [2.05, 4.69) is 10.1 Å². The topological polar surface area (TPSA) is 56.7 Å². The minimum absolute atomic E-state index is 0.0355. The summed E-state index contributed by atoms with van der Waals surface area (Å²) < 4.78 is 38.4. The van der Waals surface area contributed by atoms with Gasteiger partial charge < -0.3 is 5.73 Å². The van der Waals surface area contributed by atoms with Crippen molar-refractivity contribution in [3.63, 3.8) is 0 Å². The molecule has 0 spiro atoms. The third-order valence-corrected chi connectivity index (χ3v) is 2.89. The highest BCUT2D eigenvalue weighted by atomic mass is 19.4. The fourth-order valence-electron chi connectivity index (χ4n) is 1.88. The summed E-state index contributed by atoms with van der Waals surface area (Å²) in [6, 6.07) is -0.0355. The average Bonchev–Trinajstić information content (AvgIpc) is 2.58. The summed E-state index contributed by atoms with van der Waals surface area (Å²) in [4.78, 5) is 3.50. The van der Waals surface area contributed by atoms with Crippen LogP contribution in [-0.2, 0) is 19.1 Å². The molecule has 2 heterocycles. The predicted molar refractivity (Wildman–Crippen MR) is 50.5 cm³/mol. The van der Waals surface area contributed by atoms with E-state index in [-0.39, 0.29) is 12.0 Å². The first-order valence-corrected chi connectivity index (χ1v) is 5.14. The summed E-state index contributed by atoms with van der Waals surface area (Å²) in [5.74, 6) is -0.465. The summed E-state index contributed by atoms with van der Waals surface area (Å²) in [6.45, 7) is 2.29. The summed E-state index contributed by atoms with van der Waals surface area (Å²) in [7, 11) is 0. The summed E-state index contributed by atoms with van der Waals surface area (Å²) in [5, 5.41) is 3.48. The lowest BCUT2D eigenvalue weighted by molar-refractivity contribution is -0.145. The molecule has 0 aliphatic carbocycles. The number of nitrogens with zero attached hydrogens (tertiary/aromatic N) is 3. The van der Waals surface area contributed by atoms with Crippen molar-refractivity contribution in [3.8, 4) is 0 Å². The van der Waals surface area contributed by atoms with Gasteiger partial charge in [-0.1, -0.05) is 0 Å². The van der Waals surface area contributed by atoms with Crippen LogP contribution in [0.2, 0.25) is 0 Å². The molecule has 1 aromatic rings. The minimum Gasteiger partial charge on any atom is -0.328 e. The van der Waals surface area contributed by atoms with Crippen molar-refractivity contribution in [1.29, 1.82) is 0 Å².